The Labute approximate surface area is 180 Å². The van der Waals surface area contributed by atoms with Gasteiger partial charge in [0.2, 0.25) is 5.75 Å². The normalized spacial score (nSPS) is 15.2. The van der Waals surface area contributed by atoms with Gasteiger partial charge in [0.25, 0.3) is 11.8 Å². The first-order valence-electron chi connectivity index (χ1n) is 9.44. The quantitative estimate of drug-likeness (QED) is 0.692. The molecule has 0 bridgehead atoms. The van der Waals surface area contributed by atoms with Crippen LogP contribution in [0.1, 0.15) is 40.5 Å². The average Bonchev–Trinajstić information content (AvgIpc) is 2.75. The number of nitrogens with one attached hydrogen (secondary N) is 2. The summed E-state index contributed by atoms with van der Waals surface area (Å²) >= 11 is 6.06. The highest BCUT2D eigenvalue weighted by atomic mass is 35.5. The number of hydrazine groups is 1. The van der Waals surface area contributed by atoms with E-state index >= 15 is 0 Å². The van der Waals surface area contributed by atoms with Crippen LogP contribution in [0.2, 0.25) is 5.02 Å². The summed E-state index contributed by atoms with van der Waals surface area (Å²) in [6.45, 7) is 2.00. The molecular formula is C21H24ClN3O5. The molecule has 1 unspecified atom stereocenters. The molecule has 2 amide bonds. The first kappa shape index (κ1) is 21.6. The van der Waals surface area contributed by atoms with Crippen LogP contribution >= 0.6 is 11.6 Å². The van der Waals surface area contributed by atoms with Crippen molar-refractivity contribution in [2.45, 2.75) is 25.9 Å². The van der Waals surface area contributed by atoms with E-state index in [0.29, 0.717) is 39.9 Å². The number of nitrogens with zero attached hydrogens (tertiary/aromatic N) is 1. The molecule has 30 heavy (non-hydrogen) atoms. The van der Waals surface area contributed by atoms with E-state index in [9.17, 15) is 9.59 Å². The van der Waals surface area contributed by atoms with Gasteiger partial charge in [-0.05, 0) is 36.8 Å². The molecule has 9 heteroatoms. The fraction of sp³-hybridized carbons (Fsp3) is 0.333. The number of methoxy groups -OCH3 is 3. The Kier molecular flexibility index (Phi) is 6.56. The maximum Gasteiger partial charge on any atom is 0.276 e. The zero-order chi connectivity index (χ0) is 21.8. The average molecular weight is 434 g/mol. The summed E-state index contributed by atoms with van der Waals surface area (Å²) in [6, 6.07) is 8.10. The molecule has 2 aromatic rings. The Hall–Kier alpha value is -3.13. The summed E-state index contributed by atoms with van der Waals surface area (Å²) in [5, 5.41) is 5.03. The first-order valence-corrected chi connectivity index (χ1v) is 9.81. The Morgan fingerprint density at radius 1 is 1.13 bits per heavy atom. The van der Waals surface area contributed by atoms with Crippen molar-refractivity contribution < 1.29 is 23.8 Å². The highest BCUT2D eigenvalue weighted by molar-refractivity contribution is 6.31. The van der Waals surface area contributed by atoms with Crippen molar-refractivity contribution in [3.8, 4) is 17.2 Å². The number of halogens is 1. The van der Waals surface area contributed by atoms with Crippen LogP contribution in [0, 0.1) is 0 Å². The molecule has 0 saturated carbocycles. The van der Waals surface area contributed by atoms with Crippen LogP contribution in [-0.4, -0.2) is 44.3 Å². The van der Waals surface area contributed by atoms with E-state index in [0.717, 1.165) is 6.42 Å². The van der Waals surface area contributed by atoms with Gasteiger partial charge in [-0.3, -0.25) is 15.0 Å². The summed E-state index contributed by atoms with van der Waals surface area (Å²) in [4.78, 5) is 26.1. The number of rotatable bonds is 7. The van der Waals surface area contributed by atoms with Gasteiger partial charge in [-0.2, -0.15) is 0 Å². The molecule has 8 nitrogen and oxygen atoms in total. The van der Waals surface area contributed by atoms with Crippen LogP contribution in [0.4, 0.5) is 5.69 Å². The minimum Gasteiger partial charge on any atom is -0.493 e. The van der Waals surface area contributed by atoms with Crippen LogP contribution in [0.3, 0.4) is 0 Å². The third-order valence-electron chi connectivity index (χ3n) is 4.78. The van der Waals surface area contributed by atoms with Crippen LogP contribution < -0.4 is 25.0 Å². The van der Waals surface area contributed by atoms with Crippen molar-refractivity contribution in [1.29, 1.82) is 0 Å². The van der Waals surface area contributed by atoms with Crippen molar-refractivity contribution in [3.63, 3.8) is 0 Å². The third kappa shape index (κ3) is 4.09. The summed E-state index contributed by atoms with van der Waals surface area (Å²) in [5.41, 5.74) is 4.03. The molecule has 3 rings (SSSR count). The van der Waals surface area contributed by atoms with Gasteiger partial charge in [0, 0.05) is 16.3 Å². The van der Waals surface area contributed by atoms with E-state index in [1.54, 1.807) is 18.2 Å². The molecule has 0 radical (unpaired) electrons. The molecule has 1 aliphatic rings. The largest absolute Gasteiger partial charge is 0.493 e. The van der Waals surface area contributed by atoms with Crippen LogP contribution in [0.15, 0.2) is 30.3 Å². The van der Waals surface area contributed by atoms with Crippen molar-refractivity contribution in [2.75, 3.05) is 26.6 Å². The van der Waals surface area contributed by atoms with Gasteiger partial charge >= 0.3 is 0 Å². The maximum absolute atomic E-state index is 13.1. The Morgan fingerprint density at radius 3 is 2.37 bits per heavy atom. The Balaban J connectivity index is 1.93. The lowest BCUT2D eigenvalue weighted by atomic mass is 10.1. The molecule has 2 aromatic carbocycles. The van der Waals surface area contributed by atoms with E-state index in [-0.39, 0.29) is 11.5 Å². The predicted octanol–water partition coefficient (Wildman–Crippen LogP) is 3.70. The summed E-state index contributed by atoms with van der Waals surface area (Å²) in [6.07, 6.45) is 1.05. The first-order chi connectivity index (χ1) is 14.4. The van der Waals surface area contributed by atoms with Crippen molar-refractivity contribution in [2.24, 2.45) is 0 Å². The number of anilines is 1. The van der Waals surface area contributed by atoms with Crippen LogP contribution in [0.25, 0.3) is 0 Å². The third-order valence-corrected chi connectivity index (χ3v) is 5.01. The Morgan fingerprint density at radius 2 is 1.80 bits per heavy atom. The highest BCUT2D eigenvalue weighted by Crippen LogP contribution is 2.38. The van der Waals surface area contributed by atoms with Gasteiger partial charge in [-0.15, -0.1) is 0 Å². The van der Waals surface area contributed by atoms with Crippen molar-refractivity contribution >= 4 is 29.1 Å². The second-order valence-corrected chi connectivity index (χ2v) is 7.11. The zero-order valence-corrected chi connectivity index (χ0v) is 18.0. The van der Waals surface area contributed by atoms with Crippen molar-refractivity contribution in [1.82, 2.24) is 10.4 Å². The summed E-state index contributed by atoms with van der Waals surface area (Å²) < 4.78 is 15.9. The zero-order valence-electron chi connectivity index (χ0n) is 17.2. The fourth-order valence-corrected chi connectivity index (χ4v) is 3.50. The van der Waals surface area contributed by atoms with E-state index < -0.39 is 12.1 Å². The van der Waals surface area contributed by atoms with E-state index in [1.807, 2.05) is 6.92 Å². The molecule has 0 fully saturated rings. The number of hydrogen-bond donors (Lipinski definition) is 2. The molecule has 0 spiro atoms. The van der Waals surface area contributed by atoms with E-state index in [4.69, 9.17) is 25.8 Å². The minimum absolute atomic E-state index is 0.254. The lowest BCUT2D eigenvalue weighted by molar-refractivity contribution is 0.0482. The van der Waals surface area contributed by atoms with Crippen molar-refractivity contribution in [3.05, 3.63) is 46.5 Å². The standard InChI is InChI=1S/C21H24ClN3O5/c1-5-6-18-23-15-8-7-13(22)11-14(15)21(27)25(18)24-20(26)12-9-16(28-2)19(30-4)17(10-12)29-3/h7-11,18,23H,5-6H2,1-4H3,(H,24,26). The number of ether oxygens (including phenoxy) is 3. The number of fused-ring (bicyclic) bond motifs is 1. The van der Waals surface area contributed by atoms with Crippen LogP contribution in [0.5, 0.6) is 17.2 Å². The monoisotopic (exact) mass is 433 g/mol. The number of carbonyl (C=O) groups excluding carboxylic acids is 2. The number of carbonyl (C=O) groups is 2. The lowest BCUT2D eigenvalue weighted by Gasteiger charge is -2.37. The van der Waals surface area contributed by atoms with E-state index in [1.165, 1.54) is 38.5 Å². The van der Waals surface area contributed by atoms with Gasteiger partial charge in [0.05, 0.1) is 26.9 Å². The molecular weight excluding hydrogens is 410 g/mol. The van der Waals surface area contributed by atoms with Gasteiger partial charge in [0.1, 0.15) is 6.17 Å². The second-order valence-electron chi connectivity index (χ2n) is 6.67. The van der Waals surface area contributed by atoms with Gasteiger partial charge < -0.3 is 19.5 Å². The molecule has 0 saturated heterocycles. The highest BCUT2D eigenvalue weighted by Gasteiger charge is 2.33. The fourth-order valence-electron chi connectivity index (χ4n) is 3.32. The SMILES string of the molecule is CCCC1Nc2ccc(Cl)cc2C(=O)N1NC(=O)c1cc(OC)c(OC)c(OC)c1. The molecule has 1 atom stereocenters. The molecule has 0 aliphatic carbocycles. The molecule has 2 N–H and O–H groups in total. The van der Waals surface area contributed by atoms with Gasteiger partial charge in [-0.25, -0.2) is 5.01 Å². The Bertz CT molecular complexity index is 941. The number of hydrogen-bond acceptors (Lipinski definition) is 6. The number of amides is 2. The minimum atomic E-state index is -0.490. The summed E-state index contributed by atoms with van der Waals surface area (Å²) in [7, 11) is 4.42. The molecule has 1 aliphatic heterocycles. The lowest BCUT2D eigenvalue weighted by Crippen LogP contribution is -2.57. The smallest absolute Gasteiger partial charge is 0.276 e. The molecule has 160 valence electrons. The number of benzene rings is 2. The predicted molar refractivity (Wildman–Crippen MR) is 114 cm³/mol. The maximum atomic E-state index is 13.1. The molecule has 1 heterocycles. The van der Waals surface area contributed by atoms with E-state index in [2.05, 4.69) is 10.7 Å². The van der Waals surface area contributed by atoms with Crippen LogP contribution in [-0.2, 0) is 0 Å². The van der Waals surface area contributed by atoms with Gasteiger partial charge in [0.15, 0.2) is 11.5 Å². The van der Waals surface area contributed by atoms with Gasteiger partial charge in [-0.1, -0.05) is 24.9 Å². The topological polar surface area (TPSA) is 89.1 Å². The summed E-state index contributed by atoms with van der Waals surface area (Å²) in [5.74, 6) is 0.223. The molecule has 0 aromatic heterocycles. The second kappa shape index (κ2) is 9.13.